The van der Waals surface area contributed by atoms with Crippen LogP contribution in [-0.2, 0) is 26.0 Å². The number of carbonyl (C=O) groups excluding carboxylic acids is 2. The Morgan fingerprint density at radius 3 is 2.33 bits per heavy atom. The largest absolute Gasteiger partial charge is 0.340 e. The van der Waals surface area contributed by atoms with Crippen molar-refractivity contribution in [2.24, 2.45) is 5.14 Å². The third kappa shape index (κ3) is 6.12. The molecule has 1 aliphatic heterocycles. The average Bonchev–Trinajstić information content (AvgIpc) is 2.70. The first kappa shape index (κ1) is 21.9. The Morgan fingerprint density at radius 2 is 1.70 bits per heavy atom. The highest BCUT2D eigenvalue weighted by Gasteiger charge is 2.22. The molecule has 8 nitrogen and oxygen atoms in total. The van der Waals surface area contributed by atoms with Gasteiger partial charge in [0, 0.05) is 31.9 Å². The lowest BCUT2D eigenvalue weighted by atomic mass is 10.1. The third-order valence-electron chi connectivity index (χ3n) is 5.01. The van der Waals surface area contributed by atoms with Crippen LogP contribution >= 0.6 is 0 Å². The zero-order valence-electron chi connectivity index (χ0n) is 16.9. The lowest BCUT2D eigenvalue weighted by Gasteiger charge is -2.34. The molecule has 3 rings (SSSR count). The van der Waals surface area contributed by atoms with Crippen molar-refractivity contribution in [1.29, 1.82) is 0 Å². The molecule has 2 aromatic rings. The number of amides is 2. The molecule has 0 spiro atoms. The van der Waals surface area contributed by atoms with Crippen LogP contribution < -0.4 is 10.5 Å². The van der Waals surface area contributed by atoms with Gasteiger partial charge in [0.05, 0.1) is 17.9 Å². The van der Waals surface area contributed by atoms with Gasteiger partial charge in [-0.2, -0.15) is 0 Å². The fourth-order valence-corrected chi connectivity index (χ4v) is 3.86. The second-order valence-corrected chi connectivity index (χ2v) is 9.00. The van der Waals surface area contributed by atoms with Gasteiger partial charge in [0.2, 0.25) is 21.8 Å². The van der Waals surface area contributed by atoms with Crippen LogP contribution in [0.5, 0.6) is 0 Å². The van der Waals surface area contributed by atoms with Gasteiger partial charge in [-0.25, -0.2) is 13.6 Å². The molecule has 1 saturated heterocycles. The summed E-state index contributed by atoms with van der Waals surface area (Å²) in [4.78, 5) is 28.6. The Kier molecular flexibility index (Phi) is 6.86. The second kappa shape index (κ2) is 9.38. The number of aryl methyl sites for hydroxylation is 1. The number of nitrogens with one attached hydrogen (secondary N) is 1. The fourth-order valence-electron chi connectivity index (χ4n) is 3.30. The molecule has 1 fully saturated rings. The smallest absolute Gasteiger partial charge is 0.238 e. The van der Waals surface area contributed by atoms with E-state index in [9.17, 15) is 18.0 Å². The van der Waals surface area contributed by atoms with Crippen LogP contribution in [0.25, 0.3) is 0 Å². The maximum absolute atomic E-state index is 12.5. The number of nitrogens with two attached hydrogens (primary N) is 1. The molecule has 0 bridgehead atoms. The minimum Gasteiger partial charge on any atom is -0.340 e. The number of anilines is 1. The van der Waals surface area contributed by atoms with Gasteiger partial charge in [-0.1, -0.05) is 35.9 Å². The summed E-state index contributed by atoms with van der Waals surface area (Å²) in [5.41, 5.74) is 2.53. The summed E-state index contributed by atoms with van der Waals surface area (Å²) in [6, 6.07) is 13.8. The molecule has 1 heterocycles. The van der Waals surface area contributed by atoms with Crippen LogP contribution in [0.2, 0.25) is 0 Å². The normalized spacial score (nSPS) is 15.1. The summed E-state index contributed by atoms with van der Waals surface area (Å²) in [5, 5.41) is 7.81. The summed E-state index contributed by atoms with van der Waals surface area (Å²) < 4.78 is 22.9. The van der Waals surface area contributed by atoms with Crippen molar-refractivity contribution in [1.82, 2.24) is 9.80 Å². The van der Waals surface area contributed by atoms with E-state index in [4.69, 9.17) is 5.14 Å². The molecule has 3 N–H and O–H groups in total. The second-order valence-electron chi connectivity index (χ2n) is 7.44. The zero-order valence-corrected chi connectivity index (χ0v) is 17.7. The fraction of sp³-hybridized carbons (Fsp3) is 0.333. The van der Waals surface area contributed by atoms with E-state index in [-0.39, 0.29) is 23.3 Å². The number of hydrogen-bond acceptors (Lipinski definition) is 5. The van der Waals surface area contributed by atoms with Crippen LogP contribution in [-0.4, -0.2) is 62.8 Å². The first-order chi connectivity index (χ1) is 14.2. The Balaban J connectivity index is 1.46. The van der Waals surface area contributed by atoms with Gasteiger partial charge < -0.3 is 10.2 Å². The van der Waals surface area contributed by atoms with Gasteiger partial charge >= 0.3 is 0 Å². The average molecular weight is 431 g/mol. The van der Waals surface area contributed by atoms with E-state index in [1.165, 1.54) is 18.2 Å². The quantitative estimate of drug-likeness (QED) is 0.709. The van der Waals surface area contributed by atoms with Crippen molar-refractivity contribution >= 4 is 27.5 Å². The van der Waals surface area contributed by atoms with Crippen molar-refractivity contribution in [2.45, 2.75) is 18.2 Å². The molecule has 0 radical (unpaired) electrons. The zero-order chi connectivity index (χ0) is 21.7. The minimum absolute atomic E-state index is 0.0546. The van der Waals surface area contributed by atoms with Gasteiger partial charge in [0.25, 0.3) is 0 Å². The summed E-state index contributed by atoms with van der Waals surface area (Å²) in [6.45, 7) is 4.52. The van der Waals surface area contributed by atoms with E-state index in [1.54, 1.807) is 6.07 Å². The van der Waals surface area contributed by atoms with Gasteiger partial charge in [0.15, 0.2) is 0 Å². The van der Waals surface area contributed by atoms with E-state index in [2.05, 4.69) is 5.32 Å². The predicted molar refractivity (Wildman–Crippen MR) is 114 cm³/mol. The van der Waals surface area contributed by atoms with E-state index < -0.39 is 10.0 Å². The Bertz CT molecular complexity index is 1010. The Hall–Kier alpha value is -2.75. The van der Waals surface area contributed by atoms with Crippen molar-refractivity contribution in [3.05, 3.63) is 59.7 Å². The first-order valence-corrected chi connectivity index (χ1v) is 11.2. The molecule has 2 amide bonds. The molecule has 30 heavy (non-hydrogen) atoms. The number of rotatable bonds is 6. The molecule has 160 valence electrons. The highest BCUT2D eigenvalue weighted by atomic mass is 32.2. The third-order valence-corrected chi connectivity index (χ3v) is 5.93. The molecule has 1 aliphatic rings. The topological polar surface area (TPSA) is 113 Å². The van der Waals surface area contributed by atoms with Crippen molar-refractivity contribution in [3.8, 4) is 0 Å². The number of piperazine rings is 1. The highest BCUT2D eigenvalue weighted by Crippen LogP contribution is 2.14. The molecule has 0 aliphatic carbocycles. The maximum Gasteiger partial charge on any atom is 0.238 e. The predicted octanol–water partition coefficient (Wildman–Crippen LogP) is 0.968. The van der Waals surface area contributed by atoms with Crippen molar-refractivity contribution < 1.29 is 18.0 Å². The molecule has 0 atom stereocenters. The van der Waals surface area contributed by atoms with Gasteiger partial charge in [-0.05, 0) is 30.7 Å². The number of benzene rings is 2. The van der Waals surface area contributed by atoms with Crippen molar-refractivity contribution in [3.63, 3.8) is 0 Å². The van der Waals surface area contributed by atoms with Crippen LogP contribution in [0, 0.1) is 6.92 Å². The molecular weight excluding hydrogens is 404 g/mol. The molecule has 0 saturated carbocycles. The summed E-state index contributed by atoms with van der Waals surface area (Å²) in [5.74, 6) is -0.163. The molecule has 0 aromatic heterocycles. The lowest BCUT2D eigenvalue weighted by Crippen LogP contribution is -2.50. The lowest BCUT2D eigenvalue weighted by molar-refractivity contribution is -0.132. The van der Waals surface area contributed by atoms with E-state index in [0.29, 0.717) is 38.3 Å². The maximum atomic E-state index is 12.5. The van der Waals surface area contributed by atoms with Crippen LogP contribution in [0.1, 0.15) is 11.1 Å². The molecule has 2 aromatic carbocycles. The van der Waals surface area contributed by atoms with Gasteiger partial charge in [-0.15, -0.1) is 0 Å². The van der Waals surface area contributed by atoms with E-state index >= 15 is 0 Å². The standard InChI is InChI=1S/C21H26N4O4S/c1-16-5-7-17(8-6-16)13-21(27)25-11-9-24(10-12-25)15-20(26)23-18-3-2-4-19(14-18)30(22,28)29/h2-8,14H,9-13,15H2,1H3,(H,23,26)(H2,22,28,29). The summed E-state index contributed by atoms with van der Waals surface area (Å²) >= 11 is 0. The highest BCUT2D eigenvalue weighted by molar-refractivity contribution is 7.89. The first-order valence-electron chi connectivity index (χ1n) is 9.69. The van der Waals surface area contributed by atoms with Crippen LogP contribution in [0.3, 0.4) is 0 Å². The molecule has 9 heteroatoms. The number of carbonyl (C=O) groups is 2. The number of nitrogens with zero attached hydrogens (tertiary/aromatic N) is 2. The minimum atomic E-state index is -3.83. The van der Waals surface area contributed by atoms with E-state index in [1.807, 2.05) is 41.0 Å². The van der Waals surface area contributed by atoms with E-state index in [0.717, 1.165) is 11.1 Å². The van der Waals surface area contributed by atoms with Gasteiger partial charge in [-0.3, -0.25) is 14.5 Å². The SMILES string of the molecule is Cc1ccc(CC(=O)N2CCN(CC(=O)Nc3cccc(S(N)(=O)=O)c3)CC2)cc1. The van der Waals surface area contributed by atoms with Crippen LogP contribution in [0.4, 0.5) is 5.69 Å². The van der Waals surface area contributed by atoms with Crippen molar-refractivity contribution in [2.75, 3.05) is 38.0 Å². The Morgan fingerprint density at radius 1 is 1.03 bits per heavy atom. The Labute approximate surface area is 176 Å². The number of hydrogen-bond donors (Lipinski definition) is 2. The molecular formula is C21H26N4O4S. The monoisotopic (exact) mass is 430 g/mol. The summed E-state index contributed by atoms with van der Waals surface area (Å²) in [7, 11) is -3.83. The summed E-state index contributed by atoms with van der Waals surface area (Å²) in [6.07, 6.45) is 0.376. The van der Waals surface area contributed by atoms with Gasteiger partial charge in [0.1, 0.15) is 0 Å². The number of primary sulfonamides is 1. The number of sulfonamides is 1. The molecule has 0 unspecified atom stereocenters. The van der Waals surface area contributed by atoms with Crippen LogP contribution in [0.15, 0.2) is 53.4 Å².